The molecular weight excluding hydrogens is 575 g/mol. The molecule has 0 spiro atoms. The number of amides is 2. The van der Waals surface area contributed by atoms with Crippen LogP contribution in [0, 0.1) is 11.3 Å². The molecule has 0 atom stereocenters. The second kappa shape index (κ2) is 12.2. The lowest BCUT2D eigenvalue weighted by Gasteiger charge is -2.16. The van der Waals surface area contributed by atoms with Crippen molar-refractivity contribution >= 4 is 34.2 Å². The van der Waals surface area contributed by atoms with Crippen LogP contribution in [0.15, 0.2) is 61.3 Å². The standard InChI is InChI=1S/C29H23F5N6O3/c1-3-22(41)39-18-7-4-15(5-8-18)25-23(16-6-9-19(20(10-16)43-2)28(42)38-13-21(30)31)24-26(40(25)14-29(32,33)34)17(11-35)12-37-27(24)36/h3-10,12,21H,1,13-14H2,2H3,(H2,36,37)(H,38,42)(H,39,41). The minimum atomic E-state index is -4.73. The van der Waals surface area contributed by atoms with E-state index in [1.165, 1.54) is 49.6 Å². The molecule has 43 heavy (non-hydrogen) atoms. The van der Waals surface area contributed by atoms with E-state index in [0.29, 0.717) is 5.69 Å². The Morgan fingerprint density at radius 1 is 1.19 bits per heavy atom. The minimum absolute atomic E-state index is 0.00192. The van der Waals surface area contributed by atoms with Crippen molar-refractivity contribution in [3.05, 3.63) is 72.4 Å². The maximum Gasteiger partial charge on any atom is 0.406 e. The number of nitriles is 1. The van der Waals surface area contributed by atoms with Gasteiger partial charge in [0.15, 0.2) is 0 Å². The van der Waals surface area contributed by atoms with Gasteiger partial charge in [0.25, 0.3) is 12.3 Å². The molecule has 2 heterocycles. The van der Waals surface area contributed by atoms with Gasteiger partial charge in [-0.3, -0.25) is 9.59 Å². The predicted octanol–water partition coefficient (Wildman–Crippen LogP) is 5.51. The van der Waals surface area contributed by atoms with Crippen LogP contribution in [0.3, 0.4) is 0 Å². The first-order valence-corrected chi connectivity index (χ1v) is 12.4. The van der Waals surface area contributed by atoms with Gasteiger partial charge < -0.3 is 25.7 Å². The zero-order valence-corrected chi connectivity index (χ0v) is 22.4. The summed E-state index contributed by atoms with van der Waals surface area (Å²) in [6.07, 6.45) is -5.40. The number of nitrogen functional groups attached to an aromatic ring is 1. The molecule has 2 aromatic carbocycles. The zero-order chi connectivity index (χ0) is 31.5. The number of anilines is 2. The van der Waals surface area contributed by atoms with Gasteiger partial charge in [-0.15, -0.1) is 0 Å². The molecular formula is C29H23F5N6O3. The monoisotopic (exact) mass is 598 g/mol. The first-order chi connectivity index (χ1) is 20.4. The van der Waals surface area contributed by atoms with Crippen LogP contribution in [0.2, 0.25) is 0 Å². The highest BCUT2D eigenvalue weighted by molar-refractivity contribution is 6.11. The summed E-state index contributed by atoms with van der Waals surface area (Å²) < 4.78 is 73.6. The molecule has 2 amide bonds. The fourth-order valence-corrected chi connectivity index (χ4v) is 4.61. The number of methoxy groups -OCH3 is 1. The molecule has 0 aliphatic carbocycles. The van der Waals surface area contributed by atoms with E-state index in [9.17, 15) is 36.8 Å². The van der Waals surface area contributed by atoms with Gasteiger partial charge in [0.2, 0.25) is 5.91 Å². The third-order valence-corrected chi connectivity index (χ3v) is 6.33. The average molecular weight is 599 g/mol. The highest BCUT2D eigenvalue weighted by atomic mass is 19.4. The van der Waals surface area contributed by atoms with Crippen LogP contribution >= 0.6 is 0 Å². The summed E-state index contributed by atoms with van der Waals surface area (Å²) in [5.41, 5.74) is 6.79. The van der Waals surface area contributed by atoms with Gasteiger partial charge in [0.1, 0.15) is 24.2 Å². The SMILES string of the molecule is C=CC(=O)Nc1ccc(-c2c(-c3ccc(C(=O)NCC(F)F)c(OC)c3)c3c(N)ncc(C#N)c3n2CC(F)(F)F)cc1. The number of nitrogens with two attached hydrogens (primary N) is 1. The van der Waals surface area contributed by atoms with E-state index in [0.717, 1.165) is 16.8 Å². The normalized spacial score (nSPS) is 11.3. The second-order valence-corrected chi connectivity index (χ2v) is 9.10. The van der Waals surface area contributed by atoms with Crippen molar-refractivity contribution in [2.45, 2.75) is 19.1 Å². The summed E-state index contributed by atoms with van der Waals surface area (Å²) in [7, 11) is 1.23. The number of aromatic nitrogens is 2. The Hall–Kier alpha value is -5.45. The van der Waals surface area contributed by atoms with E-state index >= 15 is 0 Å². The van der Waals surface area contributed by atoms with E-state index in [2.05, 4.69) is 22.2 Å². The number of carbonyl (C=O) groups is 2. The summed E-state index contributed by atoms with van der Waals surface area (Å²) in [5.74, 6) is -1.58. The van der Waals surface area contributed by atoms with Crippen molar-refractivity contribution < 1.29 is 36.3 Å². The van der Waals surface area contributed by atoms with Crippen molar-refractivity contribution in [3.63, 3.8) is 0 Å². The predicted molar refractivity (Wildman–Crippen MR) is 150 cm³/mol. The van der Waals surface area contributed by atoms with Crippen LogP contribution in [0.5, 0.6) is 5.75 Å². The molecule has 0 saturated carbocycles. The van der Waals surface area contributed by atoms with Crippen molar-refractivity contribution in [2.75, 3.05) is 24.7 Å². The van der Waals surface area contributed by atoms with Gasteiger partial charge in [-0.1, -0.05) is 24.8 Å². The van der Waals surface area contributed by atoms with Gasteiger partial charge in [0.05, 0.1) is 41.4 Å². The maximum absolute atomic E-state index is 14.0. The van der Waals surface area contributed by atoms with Gasteiger partial charge >= 0.3 is 6.18 Å². The zero-order valence-electron chi connectivity index (χ0n) is 22.4. The summed E-state index contributed by atoms with van der Waals surface area (Å²) >= 11 is 0. The largest absolute Gasteiger partial charge is 0.496 e. The molecule has 0 aliphatic heterocycles. The van der Waals surface area contributed by atoms with Gasteiger partial charge in [0, 0.05) is 17.4 Å². The number of pyridine rings is 1. The number of nitrogens with zero attached hydrogens (tertiary/aromatic N) is 3. The third kappa shape index (κ3) is 6.40. The van der Waals surface area contributed by atoms with Crippen molar-refractivity contribution in [1.82, 2.24) is 14.9 Å². The van der Waals surface area contributed by atoms with Gasteiger partial charge in [-0.2, -0.15) is 18.4 Å². The Bertz CT molecular complexity index is 1760. The molecule has 14 heteroatoms. The highest BCUT2D eigenvalue weighted by Gasteiger charge is 2.34. The number of alkyl halides is 5. The summed E-state index contributed by atoms with van der Waals surface area (Å²) in [6.45, 7) is 0.972. The molecule has 0 bridgehead atoms. The maximum atomic E-state index is 14.0. The van der Waals surface area contributed by atoms with Crippen LogP contribution in [-0.4, -0.2) is 47.6 Å². The lowest BCUT2D eigenvalue weighted by atomic mass is 9.96. The van der Waals surface area contributed by atoms with Crippen LogP contribution in [-0.2, 0) is 11.3 Å². The number of fused-ring (bicyclic) bond motifs is 1. The third-order valence-electron chi connectivity index (χ3n) is 6.33. The van der Waals surface area contributed by atoms with Gasteiger partial charge in [-0.25, -0.2) is 13.8 Å². The smallest absolute Gasteiger partial charge is 0.406 e. The van der Waals surface area contributed by atoms with E-state index in [-0.39, 0.29) is 56.0 Å². The highest BCUT2D eigenvalue weighted by Crippen LogP contribution is 2.46. The molecule has 0 unspecified atom stereocenters. The summed E-state index contributed by atoms with van der Waals surface area (Å²) in [4.78, 5) is 28.3. The number of benzene rings is 2. The quantitative estimate of drug-likeness (QED) is 0.172. The van der Waals surface area contributed by atoms with Crippen LogP contribution < -0.4 is 21.1 Å². The molecule has 4 N–H and O–H groups in total. The Morgan fingerprint density at radius 2 is 1.86 bits per heavy atom. The van der Waals surface area contributed by atoms with E-state index in [1.807, 2.05) is 6.07 Å². The molecule has 4 aromatic rings. The molecule has 0 aliphatic rings. The number of nitrogens with one attached hydrogen (secondary N) is 2. The molecule has 0 fully saturated rings. The fraction of sp³-hybridized carbons (Fsp3) is 0.172. The Labute approximate surface area is 241 Å². The van der Waals surface area contributed by atoms with Crippen molar-refractivity contribution in [1.29, 1.82) is 5.26 Å². The molecule has 222 valence electrons. The number of rotatable bonds is 9. The Balaban J connectivity index is 2.05. The molecule has 4 rings (SSSR count). The average Bonchev–Trinajstić information content (AvgIpc) is 3.30. The first kappa shape index (κ1) is 30.5. The van der Waals surface area contributed by atoms with E-state index < -0.39 is 37.5 Å². The Morgan fingerprint density at radius 3 is 2.44 bits per heavy atom. The second-order valence-electron chi connectivity index (χ2n) is 9.10. The first-order valence-electron chi connectivity index (χ1n) is 12.4. The fourth-order valence-electron chi connectivity index (χ4n) is 4.61. The summed E-state index contributed by atoms with van der Waals surface area (Å²) in [6, 6.07) is 11.8. The lowest BCUT2D eigenvalue weighted by molar-refractivity contribution is -0.139. The Kier molecular flexibility index (Phi) is 8.65. The van der Waals surface area contributed by atoms with E-state index in [4.69, 9.17) is 10.5 Å². The number of hydrogen-bond acceptors (Lipinski definition) is 6. The van der Waals surface area contributed by atoms with E-state index in [1.54, 1.807) is 0 Å². The number of hydrogen-bond donors (Lipinski definition) is 3. The topological polar surface area (TPSA) is 135 Å². The number of carbonyl (C=O) groups excluding carboxylic acids is 2. The lowest BCUT2D eigenvalue weighted by Crippen LogP contribution is -2.28. The van der Waals surface area contributed by atoms with Crippen LogP contribution in [0.25, 0.3) is 33.3 Å². The summed E-state index contributed by atoms with van der Waals surface area (Å²) in [5, 5.41) is 14.5. The van der Waals surface area contributed by atoms with Crippen LogP contribution in [0.1, 0.15) is 15.9 Å². The van der Waals surface area contributed by atoms with Gasteiger partial charge in [-0.05, 0) is 41.5 Å². The van der Waals surface area contributed by atoms with Crippen molar-refractivity contribution in [3.8, 4) is 34.2 Å². The molecule has 0 saturated heterocycles. The molecule has 0 radical (unpaired) electrons. The number of ether oxygens (including phenoxy) is 1. The number of halogens is 5. The van der Waals surface area contributed by atoms with Crippen LogP contribution in [0.4, 0.5) is 33.5 Å². The molecule has 2 aromatic heterocycles. The molecule has 9 nitrogen and oxygen atoms in total. The minimum Gasteiger partial charge on any atom is -0.496 e. The van der Waals surface area contributed by atoms with Crippen molar-refractivity contribution in [2.24, 2.45) is 0 Å².